The van der Waals surface area contributed by atoms with Crippen LogP contribution in [0.25, 0.3) is 0 Å². The molecule has 2 N–H and O–H groups in total. The van der Waals surface area contributed by atoms with Crippen LogP contribution < -0.4 is 10.1 Å². The van der Waals surface area contributed by atoms with Crippen molar-refractivity contribution in [3.05, 3.63) is 53.6 Å². The van der Waals surface area contributed by atoms with Crippen LogP contribution in [0.2, 0.25) is 0 Å². The second kappa shape index (κ2) is 7.40. The topological polar surface area (TPSA) is 84.9 Å². The number of rotatable bonds is 5. The van der Waals surface area contributed by atoms with Crippen LogP contribution in [0.4, 0.5) is 14.5 Å². The fourth-order valence-electron chi connectivity index (χ4n) is 1.85. The number of nitrogens with one attached hydrogen (secondary N) is 1. The van der Waals surface area contributed by atoms with E-state index in [-0.39, 0.29) is 11.3 Å². The molecule has 0 aliphatic carbocycles. The van der Waals surface area contributed by atoms with Crippen LogP contribution in [-0.4, -0.2) is 30.7 Å². The van der Waals surface area contributed by atoms with Gasteiger partial charge in [-0.05, 0) is 24.3 Å². The monoisotopic (exact) mass is 337 g/mol. The quantitative estimate of drug-likeness (QED) is 0.819. The van der Waals surface area contributed by atoms with Gasteiger partial charge in [0.25, 0.3) is 5.91 Å². The second-order valence-corrected chi connectivity index (χ2v) is 4.58. The third kappa shape index (κ3) is 3.78. The van der Waals surface area contributed by atoms with Gasteiger partial charge in [0.05, 0.1) is 7.11 Å². The van der Waals surface area contributed by atoms with E-state index in [9.17, 15) is 23.5 Å². The molecule has 0 atom stereocenters. The number of anilines is 1. The lowest BCUT2D eigenvalue weighted by atomic mass is 10.2. The molecule has 1 amide bonds. The molecule has 0 bridgehead atoms. The Bertz CT molecular complexity index is 759. The highest BCUT2D eigenvalue weighted by molar-refractivity contribution is 5.97. The Morgan fingerprint density at radius 3 is 2.38 bits per heavy atom. The van der Waals surface area contributed by atoms with Gasteiger partial charge in [-0.3, -0.25) is 4.79 Å². The maximum Gasteiger partial charge on any atom is 0.342 e. The van der Waals surface area contributed by atoms with Gasteiger partial charge < -0.3 is 19.9 Å². The van der Waals surface area contributed by atoms with Crippen molar-refractivity contribution in [3.63, 3.8) is 0 Å². The first-order chi connectivity index (χ1) is 11.4. The van der Waals surface area contributed by atoms with Crippen molar-refractivity contribution in [1.29, 1.82) is 0 Å². The van der Waals surface area contributed by atoms with Crippen molar-refractivity contribution in [2.75, 3.05) is 19.0 Å². The van der Waals surface area contributed by atoms with Crippen LogP contribution in [0.5, 0.6) is 11.5 Å². The summed E-state index contributed by atoms with van der Waals surface area (Å²) in [6.45, 7) is -0.788. The van der Waals surface area contributed by atoms with E-state index < -0.39 is 41.6 Å². The van der Waals surface area contributed by atoms with Gasteiger partial charge in [-0.1, -0.05) is 12.1 Å². The number of hydrogen-bond donors (Lipinski definition) is 2. The van der Waals surface area contributed by atoms with Gasteiger partial charge in [0.2, 0.25) is 0 Å². The molecule has 0 aliphatic heterocycles. The van der Waals surface area contributed by atoms with Crippen LogP contribution in [0.3, 0.4) is 0 Å². The number of phenols is 1. The molecule has 2 aromatic carbocycles. The SMILES string of the molecule is COc1cccc(C(=O)OCC(=O)Nc2c(F)cccc2F)c1O. The van der Waals surface area contributed by atoms with E-state index in [0.717, 1.165) is 18.2 Å². The van der Waals surface area contributed by atoms with Crippen molar-refractivity contribution >= 4 is 17.6 Å². The van der Waals surface area contributed by atoms with Gasteiger partial charge in [0.1, 0.15) is 22.9 Å². The normalized spacial score (nSPS) is 10.1. The number of para-hydroxylation sites is 2. The molecule has 24 heavy (non-hydrogen) atoms. The van der Waals surface area contributed by atoms with Gasteiger partial charge in [0, 0.05) is 0 Å². The Kier molecular flexibility index (Phi) is 5.31. The number of hydrogen-bond acceptors (Lipinski definition) is 5. The first-order valence-corrected chi connectivity index (χ1v) is 6.71. The summed E-state index contributed by atoms with van der Waals surface area (Å²) in [7, 11) is 1.31. The molecule has 0 aromatic heterocycles. The molecule has 0 heterocycles. The molecule has 0 unspecified atom stereocenters. The number of phenolic OH excluding ortho intramolecular Hbond substituents is 1. The summed E-state index contributed by atoms with van der Waals surface area (Å²) >= 11 is 0. The smallest absolute Gasteiger partial charge is 0.342 e. The number of ether oxygens (including phenoxy) is 2. The number of carbonyl (C=O) groups is 2. The molecule has 0 radical (unpaired) electrons. The molecule has 126 valence electrons. The molecule has 6 nitrogen and oxygen atoms in total. The summed E-state index contributed by atoms with van der Waals surface area (Å²) < 4.78 is 36.4. The van der Waals surface area contributed by atoms with Crippen LogP contribution in [-0.2, 0) is 9.53 Å². The van der Waals surface area contributed by atoms with Gasteiger partial charge in [-0.15, -0.1) is 0 Å². The zero-order valence-electron chi connectivity index (χ0n) is 12.5. The number of esters is 1. The van der Waals surface area contributed by atoms with Gasteiger partial charge in [-0.25, -0.2) is 13.6 Å². The zero-order chi connectivity index (χ0) is 17.7. The van der Waals surface area contributed by atoms with E-state index in [4.69, 9.17) is 9.47 Å². The van der Waals surface area contributed by atoms with Crippen molar-refractivity contribution in [2.45, 2.75) is 0 Å². The van der Waals surface area contributed by atoms with E-state index in [0.29, 0.717) is 0 Å². The second-order valence-electron chi connectivity index (χ2n) is 4.58. The molecule has 2 aromatic rings. The Hall–Kier alpha value is -3.16. The summed E-state index contributed by atoms with van der Waals surface area (Å²) in [5.74, 6) is -4.22. The number of aromatic hydroxyl groups is 1. The van der Waals surface area contributed by atoms with Crippen molar-refractivity contribution in [2.24, 2.45) is 0 Å². The highest BCUT2D eigenvalue weighted by Crippen LogP contribution is 2.29. The van der Waals surface area contributed by atoms with Crippen molar-refractivity contribution in [1.82, 2.24) is 0 Å². The third-order valence-electron chi connectivity index (χ3n) is 3.00. The molecule has 0 saturated heterocycles. The van der Waals surface area contributed by atoms with Crippen molar-refractivity contribution < 1.29 is 33.0 Å². The lowest BCUT2D eigenvalue weighted by Crippen LogP contribution is -2.22. The number of halogens is 2. The van der Waals surface area contributed by atoms with E-state index >= 15 is 0 Å². The largest absolute Gasteiger partial charge is 0.504 e. The minimum Gasteiger partial charge on any atom is -0.504 e. The van der Waals surface area contributed by atoms with E-state index in [1.54, 1.807) is 0 Å². The maximum atomic E-state index is 13.4. The highest BCUT2D eigenvalue weighted by atomic mass is 19.1. The predicted molar refractivity (Wildman–Crippen MR) is 79.9 cm³/mol. The molecule has 0 saturated carbocycles. The number of benzene rings is 2. The van der Waals surface area contributed by atoms with Crippen molar-refractivity contribution in [3.8, 4) is 11.5 Å². The number of amides is 1. The number of carbonyl (C=O) groups excluding carboxylic acids is 2. The summed E-state index contributed by atoms with van der Waals surface area (Å²) in [5.41, 5.74) is -0.845. The van der Waals surface area contributed by atoms with E-state index in [1.807, 2.05) is 5.32 Å². The molecule has 2 rings (SSSR count). The van der Waals surface area contributed by atoms with Gasteiger partial charge >= 0.3 is 5.97 Å². The fourth-order valence-corrected chi connectivity index (χ4v) is 1.85. The Morgan fingerprint density at radius 1 is 1.12 bits per heavy atom. The lowest BCUT2D eigenvalue weighted by Gasteiger charge is -2.10. The van der Waals surface area contributed by atoms with Gasteiger partial charge in [0.15, 0.2) is 18.1 Å². The maximum absolute atomic E-state index is 13.4. The van der Waals surface area contributed by atoms with Gasteiger partial charge in [-0.2, -0.15) is 0 Å². The summed E-state index contributed by atoms with van der Waals surface area (Å²) in [6, 6.07) is 7.24. The summed E-state index contributed by atoms with van der Waals surface area (Å²) in [4.78, 5) is 23.5. The molecular formula is C16H13F2NO5. The van der Waals surface area contributed by atoms with E-state index in [2.05, 4.69) is 0 Å². The molecule has 8 heteroatoms. The fraction of sp³-hybridized carbons (Fsp3) is 0.125. The summed E-state index contributed by atoms with van der Waals surface area (Å²) in [6.07, 6.45) is 0. The van der Waals surface area contributed by atoms with Crippen LogP contribution >= 0.6 is 0 Å². The standard InChI is InChI=1S/C16H13F2NO5/c1-23-12-7-2-4-9(15(12)21)16(22)24-8-13(20)19-14-10(17)5-3-6-11(14)18/h2-7,21H,8H2,1H3,(H,19,20). The molecule has 0 fully saturated rings. The minimum atomic E-state index is -0.990. The average Bonchev–Trinajstić information content (AvgIpc) is 2.56. The molecular weight excluding hydrogens is 324 g/mol. The Morgan fingerprint density at radius 2 is 1.75 bits per heavy atom. The lowest BCUT2D eigenvalue weighted by molar-refractivity contribution is -0.119. The average molecular weight is 337 g/mol. The Labute approximate surface area is 135 Å². The molecule has 0 spiro atoms. The Balaban J connectivity index is 2.00. The summed E-state index contributed by atoms with van der Waals surface area (Å²) in [5, 5.41) is 11.8. The van der Waals surface area contributed by atoms with Crippen LogP contribution in [0.15, 0.2) is 36.4 Å². The molecule has 0 aliphatic rings. The predicted octanol–water partition coefficient (Wildman–Crippen LogP) is 2.47. The number of methoxy groups -OCH3 is 1. The highest BCUT2D eigenvalue weighted by Gasteiger charge is 2.18. The van der Waals surface area contributed by atoms with Crippen LogP contribution in [0, 0.1) is 11.6 Å². The first kappa shape index (κ1) is 17.2. The first-order valence-electron chi connectivity index (χ1n) is 6.71. The minimum absolute atomic E-state index is 0.0577. The third-order valence-corrected chi connectivity index (χ3v) is 3.00. The van der Waals surface area contributed by atoms with Crippen LogP contribution in [0.1, 0.15) is 10.4 Å². The zero-order valence-corrected chi connectivity index (χ0v) is 12.5. The van der Waals surface area contributed by atoms with E-state index in [1.165, 1.54) is 25.3 Å².